The van der Waals surface area contributed by atoms with Gasteiger partial charge in [-0.05, 0) is 49.2 Å². The summed E-state index contributed by atoms with van der Waals surface area (Å²) in [5.41, 5.74) is 4.42. The summed E-state index contributed by atoms with van der Waals surface area (Å²) in [6, 6.07) is 12.1. The highest BCUT2D eigenvalue weighted by atomic mass is 35.5. The fourth-order valence-corrected chi connectivity index (χ4v) is 4.55. The first-order valence-electron chi connectivity index (χ1n) is 8.47. The number of rotatable bonds is 2. The number of aromatic nitrogens is 2. The Labute approximate surface area is 165 Å². The Hall–Kier alpha value is -2.31. The molecule has 0 unspecified atom stereocenters. The molecule has 1 N–H and O–H groups in total. The van der Waals surface area contributed by atoms with Crippen molar-refractivity contribution in [2.24, 2.45) is 0 Å². The maximum atomic E-state index is 13.4. The van der Waals surface area contributed by atoms with Crippen molar-refractivity contribution in [1.29, 1.82) is 0 Å². The van der Waals surface area contributed by atoms with Crippen LogP contribution in [0.1, 0.15) is 27.6 Å². The first-order valence-corrected chi connectivity index (χ1v) is 9.89. The van der Waals surface area contributed by atoms with Gasteiger partial charge in [0.15, 0.2) is 0 Å². The van der Waals surface area contributed by atoms with Gasteiger partial charge in [-0.1, -0.05) is 29.8 Å². The zero-order valence-electron chi connectivity index (χ0n) is 14.8. The van der Waals surface area contributed by atoms with Gasteiger partial charge in [-0.2, -0.15) is 5.10 Å². The van der Waals surface area contributed by atoms with Crippen LogP contribution in [0, 0.1) is 19.7 Å². The van der Waals surface area contributed by atoms with Crippen LogP contribution in [0.15, 0.2) is 42.5 Å². The van der Waals surface area contributed by atoms with Crippen LogP contribution in [0.4, 0.5) is 10.2 Å². The number of hydrogen-bond donors (Lipinski definition) is 1. The Kier molecular flexibility index (Phi) is 4.70. The number of benzene rings is 2. The van der Waals surface area contributed by atoms with Crippen molar-refractivity contribution in [2.45, 2.75) is 19.1 Å². The van der Waals surface area contributed by atoms with E-state index < -0.39 is 0 Å². The van der Waals surface area contributed by atoms with Gasteiger partial charge in [0.25, 0.3) is 0 Å². The maximum Gasteiger partial charge on any atom is 0.235 e. The molecule has 0 bridgehead atoms. The van der Waals surface area contributed by atoms with Crippen molar-refractivity contribution in [2.75, 3.05) is 11.1 Å². The van der Waals surface area contributed by atoms with E-state index in [-0.39, 0.29) is 17.0 Å². The summed E-state index contributed by atoms with van der Waals surface area (Å²) in [5, 5.41) is 8.16. The monoisotopic (exact) mass is 401 g/mol. The Morgan fingerprint density at radius 1 is 1.22 bits per heavy atom. The molecule has 1 aromatic heterocycles. The molecule has 0 saturated heterocycles. The van der Waals surface area contributed by atoms with E-state index in [1.165, 1.54) is 23.9 Å². The molecule has 1 amide bonds. The molecule has 138 valence electrons. The van der Waals surface area contributed by atoms with Crippen LogP contribution in [-0.2, 0) is 4.79 Å². The second kappa shape index (κ2) is 7.02. The number of carbonyl (C=O) groups excluding carboxylic acids is 1. The van der Waals surface area contributed by atoms with Gasteiger partial charge < -0.3 is 5.32 Å². The average Bonchev–Trinajstić information content (AvgIpc) is 2.84. The number of thioether (sulfide) groups is 1. The molecule has 4 rings (SSSR count). The lowest BCUT2D eigenvalue weighted by molar-refractivity contribution is -0.113. The number of fused-ring (bicyclic) bond motifs is 1. The fourth-order valence-electron chi connectivity index (χ4n) is 3.18. The summed E-state index contributed by atoms with van der Waals surface area (Å²) >= 11 is 7.79. The molecule has 4 nitrogen and oxygen atoms in total. The zero-order chi connectivity index (χ0) is 19.1. The molecule has 2 heterocycles. The molecule has 27 heavy (non-hydrogen) atoms. The minimum Gasteiger partial charge on any atom is -0.310 e. The van der Waals surface area contributed by atoms with Crippen LogP contribution in [0.5, 0.6) is 0 Å². The van der Waals surface area contributed by atoms with E-state index in [1.807, 2.05) is 32.0 Å². The van der Waals surface area contributed by atoms with E-state index in [2.05, 4.69) is 10.4 Å². The quantitative estimate of drug-likeness (QED) is 0.653. The predicted molar refractivity (Wildman–Crippen MR) is 107 cm³/mol. The van der Waals surface area contributed by atoms with Crippen LogP contribution in [0.25, 0.3) is 5.69 Å². The van der Waals surface area contributed by atoms with Crippen molar-refractivity contribution < 1.29 is 9.18 Å². The van der Waals surface area contributed by atoms with Crippen molar-refractivity contribution in [3.05, 3.63) is 75.7 Å². The number of nitrogens with zero attached hydrogens (tertiary/aromatic N) is 2. The normalized spacial score (nSPS) is 16.6. The molecule has 1 atom stereocenters. The lowest BCUT2D eigenvalue weighted by atomic mass is 10.0. The molecule has 0 radical (unpaired) electrons. The van der Waals surface area contributed by atoms with Crippen LogP contribution in [0.3, 0.4) is 0 Å². The molecule has 1 aliphatic rings. The predicted octanol–water partition coefficient (Wildman–Crippen LogP) is 5.06. The summed E-state index contributed by atoms with van der Waals surface area (Å²) in [6.45, 7) is 3.85. The molecular weight excluding hydrogens is 385 g/mol. The fraction of sp³-hybridized carbons (Fsp3) is 0.200. The van der Waals surface area contributed by atoms with Crippen molar-refractivity contribution in [3.8, 4) is 5.69 Å². The SMILES string of the molecule is Cc1ccc(-n2nc(C)c3c2NC(=O)CS[C@H]3c2ccc(F)cc2)cc1Cl. The van der Waals surface area contributed by atoms with Gasteiger partial charge in [0.05, 0.1) is 22.4 Å². The second-order valence-electron chi connectivity index (χ2n) is 6.48. The van der Waals surface area contributed by atoms with Gasteiger partial charge in [0, 0.05) is 10.6 Å². The van der Waals surface area contributed by atoms with Crippen molar-refractivity contribution >= 4 is 35.1 Å². The van der Waals surface area contributed by atoms with E-state index in [4.69, 9.17) is 11.6 Å². The first kappa shape index (κ1) is 18.1. The zero-order valence-corrected chi connectivity index (χ0v) is 16.4. The number of hydrogen-bond acceptors (Lipinski definition) is 3. The van der Waals surface area contributed by atoms with E-state index in [9.17, 15) is 9.18 Å². The molecule has 0 saturated carbocycles. The minimum atomic E-state index is -0.284. The van der Waals surface area contributed by atoms with Crippen LogP contribution >= 0.6 is 23.4 Å². The molecule has 1 aliphatic heterocycles. The number of aryl methyl sites for hydroxylation is 2. The Balaban J connectivity index is 1.88. The standard InChI is InChI=1S/C20H17ClFN3OS/c1-11-3-8-15(9-16(11)21)25-20-18(12(2)24-25)19(27-10-17(26)23-20)13-4-6-14(22)7-5-13/h3-9,19H,10H2,1-2H3,(H,23,26)/t19-/m0/s1. The maximum absolute atomic E-state index is 13.4. The topological polar surface area (TPSA) is 46.9 Å². The summed E-state index contributed by atoms with van der Waals surface area (Å²) in [4.78, 5) is 12.3. The molecule has 0 spiro atoms. The second-order valence-corrected chi connectivity index (χ2v) is 7.98. The van der Waals surface area contributed by atoms with Crippen LogP contribution in [-0.4, -0.2) is 21.4 Å². The lowest BCUT2D eigenvalue weighted by Crippen LogP contribution is -2.15. The summed E-state index contributed by atoms with van der Waals surface area (Å²) in [6.07, 6.45) is 0. The number of anilines is 1. The third-order valence-electron chi connectivity index (χ3n) is 4.58. The Morgan fingerprint density at radius 3 is 2.67 bits per heavy atom. The summed E-state index contributed by atoms with van der Waals surface area (Å²) in [5.74, 6) is 0.570. The van der Waals surface area contributed by atoms with Gasteiger partial charge in [-0.3, -0.25) is 4.79 Å². The largest absolute Gasteiger partial charge is 0.310 e. The highest BCUT2D eigenvalue weighted by Crippen LogP contribution is 2.43. The molecule has 2 aromatic carbocycles. The molecular formula is C20H17ClFN3OS. The van der Waals surface area contributed by atoms with E-state index >= 15 is 0 Å². The number of halogens is 2. The molecule has 0 aliphatic carbocycles. The van der Waals surface area contributed by atoms with E-state index in [0.717, 1.165) is 28.1 Å². The van der Waals surface area contributed by atoms with Crippen molar-refractivity contribution in [3.63, 3.8) is 0 Å². The lowest BCUT2D eigenvalue weighted by Gasteiger charge is -2.15. The molecule has 0 fully saturated rings. The Morgan fingerprint density at radius 2 is 1.96 bits per heavy atom. The van der Waals surface area contributed by atoms with Crippen LogP contribution < -0.4 is 5.32 Å². The molecule has 3 aromatic rings. The average molecular weight is 402 g/mol. The highest BCUT2D eigenvalue weighted by molar-refractivity contribution is 8.00. The first-order chi connectivity index (χ1) is 12.9. The smallest absolute Gasteiger partial charge is 0.235 e. The van der Waals surface area contributed by atoms with Gasteiger partial charge in [-0.15, -0.1) is 11.8 Å². The van der Waals surface area contributed by atoms with Crippen molar-refractivity contribution in [1.82, 2.24) is 9.78 Å². The number of amides is 1. The highest BCUT2D eigenvalue weighted by Gasteiger charge is 2.30. The van der Waals surface area contributed by atoms with E-state index in [1.54, 1.807) is 16.8 Å². The third kappa shape index (κ3) is 3.35. The summed E-state index contributed by atoms with van der Waals surface area (Å²) in [7, 11) is 0. The van der Waals surface area contributed by atoms with Gasteiger partial charge >= 0.3 is 0 Å². The van der Waals surface area contributed by atoms with E-state index in [0.29, 0.717) is 16.6 Å². The number of nitrogens with one attached hydrogen (secondary N) is 1. The van der Waals surface area contributed by atoms with Gasteiger partial charge in [0.1, 0.15) is 11.6 Å². The third-order valence-corrected chi connectivity index (χ3v) is 6.26. The minimum absolute atomic E-state index is 0.0924. The summed E-state index contributed by atoms with van der Waals surface area (Å²) < 4.78 is 15.1. The van der Waals surface area contributed by atoms with Gasteiger partial charge in [0.2, 0.25) is 5.91 Å². The molecule has 7 heteroatoms. The number of carbonyl (C=O) groups is 1. The van der Waals surface area contributed by atoms with Crippen LogP contribution in [0.2, 0.25) is 5.02 Å². The van der Waals surface area contributed by atoms with Gasteiger partial charge in [-0.25, -0.2) is 9.07 Å². The Bertz CT molecular complexity index is 1030.